The molecule has 0 fully saturated rings. The number of hydrogen-bond acceptors (Lipinski definition) is 4. The lowest BCUT2D eigenvalue weighted by Crippen LogP contribution is -2.35. The summed E-state index contributed by atoms with van der Waals surface area (Å²) in [6.45, 7) is 11.8. The summed E-state index contributed by atoms with van der Waals surface area (Å²) in [7, 11) is 2.04. The summed E-state index contributed by atoms with van der Waals surface area (Å²) in [4.78, 5) is 0. The Bertz CT molecular complexity index is 1620. The minimum absolute atomic E-state index is 0.590. The van der Waals surface area contributed by atoms with Crippen molar-refractivity contribution in [2.45, 2.75) is 52.5 Å². The molecular formula is C39H54N6O4+4. The maximum atomic E-state index is 5.82. The van der Waals surface area contributed by atoms with Gasteiger partial charge in [-0.05, 0) is 28.7 Å². The van der Waals surface area contributed by atoms with Gasteiger partial charge in [-0.3, -0.25) is 0 Å². The molecule has 0 radical (unpaired) electrons. The highest BCUT2D eigenvalue weighted by molar-refractivity contribution is 5.60. The zero-order chi connectivity index (χ0) is 33.9. The fourth-order valence-electron chi connectivity index (χ4n) is 5.51. The van der Waals surface area contributed by atoms with E-state index in [1.165, 1.54) is 22.3 Å². The predicted molar refractivity (Wildman–Crippen MR) is 185 cm³/mol. The number of imidazole rings is 2. The number of rotatable bonds is 23. The van der Waals surface area contributed by atoms with E-state index in [0.29, 0.717) is 39.6 Å². The van der Waals surface area contributed by atoms with Crippen LogP contribution in [0.25, 0.3) is 11.1 Å². The lowest BCUT2D eigenvalue weighted by Gasteiger charge is -2.05. The molecule has 0 bridgehead atoms. The SMILES string of the molecule is CCCOCCOCCC[n+]1ccc(-c2cc[n+](CCOCCOCCn3cc[n+](Cc4ccc(Cn5cc[n+](C)c5)cc4)c3)cc2)cc1. The minimum atomic E-state index is 0.590. The van der Waals surface area contributed by atoms with Gasteiger partial charge < -0.3 is 18.9 Å². The molecule has 260 valence electrons. The van der Waals surface area contributed by atoms with E-state index in [-0.39, 0.29) is 0 Å². The van der Waals surface area contributed by atoms with Gasteiger partial charge in [0.05, 0.1) is 46.7 Å². The molecule has 10 nitrogen and oxygen atoms in total. The molecule has 5 aromatic rings. The zero-order valence-electron chi connectivity index (χ0n) is 29.3. The van der Waals surface area contributed by atoms with Gasteiger partial charge >= 0.3 is 0 Å². The molecule has 1 aromatic carbocycles. The molecule has 0 spiro atoms. The van der Waals surface area contributed by atoms with Crippen LogP contribution in [0.4, 0.5) is 0 Å². The first-order valence-electron chi connectivity index (χ1n) is 17.6. The summed E-state index contributed by atoms with van der Waals surface area (Å²) in [5.41, 5.74) is 4.99. The second-order valence-corrected chi connectivity index (χ2v) is 12.3. The average molecular weight is 671 g/mol. The number of benzene rings is 1. The van der Waals surface area contributed by atoms with Crippen molar-refractivity contribution in [3.05, 3.63) is 122 Å². The summed E-state index contributed by atoms with van der Waals surface area (Å²) < 4.78 is 35.7. The summed E-state index contributed by atoms with van der Waals surface area (Å²) in [5.74, 6) is 0. The van der Waals surface area contributed by atoms with Crippen molar-refractivity contribution < 1.29 is 37.2 Å². The maximum Gasteiger partial charge on any atom is 0.244 e. The van der Waals surface area contributed by atoms with Gasteiger partial charge in [-0.25, -0.2) is 27.4 Å². The van der Waals surface area contributed by atoms with Gasteiger partial charge in [-0.2, -0.15) is 0 Å². The quantitative estimate of drug-likeness (QED) is 0.0791. The van der Waals surface area contributed by atoms with E-state index in [1.807, 2.05) is 7.05 Å². The van der Waals surface area contributed by atoms with Crippen LogP contribution >= 0.6 is 0 Å². The average Bonchev–Trinajstić information content (AvgIpc) is 3.76. The first-order chi connectivity index (χ1) is 24.1. The van der Waals surface area contributed by atoms with Crippen LogP contribution in [-0.4, -0.2) is 62.0 Å². The molecule has 0 amide bonds. The molecule has 4 aromatic heterocycles. The molecule has 10 heteroatoms. The predicted octanol–water partition coefficient (Wildman–Crippen LogP) is 3.31. The molecule has 4 heterocycles. The minimum Gasteiger partial charge on any atom is -0.379 e. The Balaban J connectivity index is 0.892. The van der Waals surface area contributed by atoms with Gasteiger partial charge in [0.15, 0.2) is 37.9 Å². The van der Waals surface area contributed by atoms with Crippen LogP contribution in [0.5, 0.6) is 0 Å². The van der Waals surface area contributed by atoms with Gasteiger partial charge in [0.2, 0.25) is 12.7 Å². The highest BCUT2D eigenvalue weighted by Crippen LogP contribution is 2.15. The monoisotopic (exact) mass is 670 g/mol. The fourth-order valence-corrected chi connectivity index (χ4v) is 5.51. The largest absolute Gasteiger partial charge is 0.379 e. The Labute approximate surface area is 291 Å². The van der Waals surface area contributed by atoms with Crippen LogP contribution in [0.3, 0.4) is 0 Å². The van der Waals surface area contributed by atoms with Gasteiger partial charge in [0.1, 0.15) is 51.0 Å². The Kier molecular flexibility index (Phi) is 15.0. The highest BCUT2D eigenvalue weighted by Gasteiger charge is 2.08. The van der Waals surface area contributed by atoms with Crippen molar-refractivity contribution in [1.82, 2.24) is 9.13 Å². The van der Waals surface area contributed by atoms with E-state index in [2.05, 4.69) is 145 Å². The van der Waals surface area contributed by atoms with E-state index in [0.717, 1.165) is 58.8 Å². The molecule has 49 heavy (non-hydrogen) atoms. The van der Waals surface area contributed by atoms with E-state index in [1.54, 1.807) is 0 Å². The Morgan fingerprint density at radius 1 is 0.531 bits per heavy atom. The van der Waals surface area contributed by atoms with Crippen molar-refractivity contribution in [3.63, 3.8) is 0 Å². The number of aryl methyl sites for hydroxylation is 2. The lowest BCUT2D eigenvalue weighted by atomic mass is 10.1. The fraction of sp³-hybridized carbons (Fsp3) is 0.436. The standard InChI is InChI=1S/C39H54N6O4/c1-3-24-46-28-29-47-25-4-13-41-14-9-38(10-15-41)39-11-16-42(17-12-39)22-26-48-30-31-49-27-23-43-20-21-45(35-43)33-37-7-5-36(6-8-37)32-44-19-18-40(2)34-44/h5-12,14-21,34-35H,3-4,13,22-33H2,1-2H3/q+4. The van der Waals surface area contributed by atoms with Crippen molar-refractivity contribution in [2.24, 2.45) is 7.05 Å². The number of pyridine rings is 2. The summed E-state index contributed by atoms with van der Waals surface area (Å²) in [6, 6.07) is 17.5. The van der Waals surface area contributed by atoms with Crippen molar-refractivity contribution in [1.29, 1.82) is 0 Å². The van der Waals surface area contributed by atoms with Crippen molar-refractivity contribution in [2.75, 3.05) is 52.9 Å². The van der Waals surface area contributed by atoms with Crippen molar-refractivity contribution >= 4 is 0 Å². The number of nitrogens with zero attached hydrogens (tertiary/aromatic N) is 6. The highest BCUT2D eigenvalue weighted by atomic mass is 16.5. The van der Waals surface area contributed by atoms with Crippen molar-refractivity contribution in [3.8, 4) is 11.1 Å². The molecule has 5 rings (SSSR count). The first kappa shape index (κ1) is 36.1. The molecule has 0 atom stereocenters. The molecule has 0 aliphatic rings. The third kappa shape index (κ3) is 13.0. The van der Waals surface area contributed by atoms with Crippen LogP contribution < -0.4 is 18.3 Å². The topological polar surface area (TPSA) is 62.3 Å². The Morgan fingerprint density at radius 2 is 1.12 bits per heavy atom. The van der Waals surface area contributed by atoms with Gasteiger partial charge in [0, 0.05) is 37.3 Å². The summed E-state index contributed by atoms with van der Waals surface area (Å²) in [6.07, 6.45) is 23.1. The molecule has 0 aliphatic heterocycles. The summed E-state index contributed by atoms with van der Waals surface area (Å²) >= 11 is 0. The van der Waals surface area contributed by atoms with Gasteiger partial charge in [-0.1, -0.05) is 31.2 Å². The summed E-state index contributed by atoms with van der Waals surface area (Å²) in [5, 5.41) is 0. The maximum absolute atomic E-state index is 5.82. The van der Waals surface area contributed by atoms with Crippen LogP contribution in [-0.2, 0) is 58.7 Å². The molecule has 0 N–H and O–H groups in total. The Morgan fingerprint density at radius 3 is 1.78 bits per heavy atom. The van der Waals surface area contributed by atoms with Crippen LogP contribution in [0, 0.1) is 0 Å². The third-order valence-corrected chi connectivity index (χ3v) is 8.22. The van der Waals surface area contributed by atoms with Gasteiger partial charge in [-0.15, -0.1) is 0 Å². The number of aromatic nitrogens is 6. The number of hydrogen-bond donors (Lipinski definition) is 0. The molecule has 0 unspecified atom stereocenters. The van der Waals surface area contributed by atoms with E-state index in [9.17, 15) is 0 Å². The number of ether oxygens (including phenoxy) is 4. The van der Waals surface area contributed by atoms with E-state index < -0.39 is 0 Å². The van der Waals surface area contributed by atoms with Crippen LogP contribution in [0.1, 0.15) is 30.9 Å². The van der Waals surface area contributed by atoms with E-state index >= 15 is 0 Å². The van der Waals surface area contributed by atoms with Gasteiger partial charge in [0.25, 0.3) is 0 Å². The molecular weight excluding hydrogens is 616 g/mol. The lowest BCUT2D eigenvalue weighted by molar-refractivity contribution is -0.698. The zero-order valence-corrected chi connectivity index (χ0v) is 29.3. The van der Waals surface area contributed by atoms with E-state index in [4.69, 9.17) is 18.9 Å². The van der Waals surface area contributed by atoms with Crippen LogP contribution in [0.15, 0.2) is 111 Å². The Hall–Kier alpha value is -4.22. The third-order valence-electron chi connectivity index (χ3n) is 8.22. The first-order valence-corrected chi connectivity index (χ1v) is 17.6. The second-order valence-electron chi connectivity index (χ2n) is 12.3. The molecule has 0 saturated carbocycles. The molecule has 0 aliphatic carbocycles. The molecule has 0 saturated heterocycles. The second kappa shape index (κ2) is 20.3. The normalized spacial score (nSPS) is 11.4. The van der Waals surface area contributed by atoms with Crippen LogP contribution in [0.2, 0.25) is 0 Å². The smallest absolute Gasteiger partial charge is 0.244 e.